The zero-order valence-corrected chi connectivity index (χ0v) is 17.9. The molecule has 0 fully saturated rings. The van der Waals surface area contributed by atoms with Gasteiger partial charge in [0.05, 0.1) is 30.7 Å². The summed E-state index contributed by atoms with van der Waals surface area (Å²) < 4.78 is 33.4. The van der Waals surface area contributed by atoms with Gasteiger partial charge in [-0.1, -0.05) is 6.07 Å². The highest BCUT2D eigenvalue weighted by Gasteiger charge is 2.31. The van der Waals surface area contributed by atoms with E-state index in [0.717, 1.165) is 0 Å². The van der Waals surface area contributed by atoms with Crippen molar-refractivity contribution in [2.45, 2.75) is 17.9 Å². The Morgan fingerprint density at radius 1 is 1.06 bits per heavy atom. The van der Waals surface area contributed by atoms with Crippen LogP contribution in [0.5, 0.6) is 11.5 Å². The number of sulfonamides is 1. The van der Waals surface area contributed by atoms with E-state index < -0.39 is 28.0 Å². The number of methoxy groups -OCH3 is 2. The molecule has 31 heavy (non-hydrogen) atoms. The normalized spacial score (nSPS) is 16.3. The SMILES string of the molecule is COc1ccc(C2NC(=O)NC(C)=C2C(=O)Nc2ccc(S(N)(=O)=O)cc2)cc1OC. The molecule has 164 valence electrons. The minimum atomic E-state index is -3.84. The summed E-state index contributed by atoms with van der Waals surface area (Å²) in [6.45, 7) is 1.62. The lowest BCUT2D eigenvalue weighted by atomic mass is 9.94. The largest absolute Gasteiger partial charge is 0.493 e. The molecule has 2 aromatic carbocycles. The smallest absolute Gasteiger partial charge is 0.319 e. The van der Waals surface area contributed by atoms with Gasteiger partial charge in [-0.3, -0.25) is 4.79 Å². The average molecular weight is 446 g/mol. The number of ether oxygens (including phenoxy) is 2. The molecule has 1 aliphatic rings. The van der Waals surface area contributed by atoms with E-state index in [2.05, 4.69) is 16.0 Å². The molecule has 1 atom stereocenters. The van der Waals surface area contributed by atoms with Crippen LogP contribution in [0.2, 0.25) is 0 Å². The minimum Gasteiger partial charge on any atom is -0.493 e. The zero-order chi connectivity index (χ0) is 22.8. The molecule has 1 heterocycles. The van der Waals surface area contributed by atoms with E-state index in [0.29, 0.717) is 28.4 Å². The number of carbonyl (C=O) groups excluding carboxylic acids is 2. The Morgan fingerprint density at radius 3 is 2.29 bits per heavy atom. The number of carbonyl (C=O) groups is 2. The van der Waals surface area contributed by atoms with Crippen LogP contribution in [0.3, 0.4) is 0 Å². The number of amides is 3. The van der Waals surface area contributed by atoms with Crippen molar-refractivity contribution >= 4 is 27.6 Å². The van der Waals surface area contributed by atoms with Gasteiger partial charge in [0.2, 0.25) is 10.0 Å². The van der Waals surface area contributed by atoms with Crippen molar-refractivity contribution < 1.29 is 27.5 Å². The number of anilines is 1. The predicted molar refractivity (Wildman–Crippen MR) is 113 cm³/mol. The molecule has 3 amide bonds. The Bertz CT molecular complexity index is 1160. The van der Waals surface area contributed by atoms with Crippen molar-refractivity contribution in [2.24, 2.45) is 5.14 Å². The van der Waals surface area contributed by atoms with Crippen LogP contribution < -0.4 is 30.6 Å². The van der Waals surface area contributed by atoms with Gasteiger partial charge in [0.1, 0.15) is 0 Å². The molecule has 1 aliphatic heterocycles. The molecule has 10 nitrogen and oxygen atoms in total. The monoisotopic (exact) mass is 446 g/mol. The van der Waals surface area contributed by atoms with Crippen LogP contribution in [-0.4, -0.2) is 34.6 Å². The molecular weight excluding hydrogens is 424 g/mol. The van der Waals surface area contributed by atoms with Crippen LogP contribution >= 0.6 is 0 Å². The lowest BCUT2D eigenvalue weighted by Crippen LogP contribution is -2.46. The first-order chi connectivity index (χ1) is 14.6. The maximum Gasteiger partial charge on any atom is 0.319 e. The van der Waals surface area contributed by atoms with Crippen LogP contribution in [0.1, 0.15) is 18.5 Å². The van der Waals surface area contributed by atoms with E-state index in [-0.39, 0.29) is 10.5 Å². The van der Waals surface area contributed by atoms with Crippen molar-refractivity contribution in [3.05, 3.63) is 59.3 Å². The molecule has 0 bridgehead atoms. The summed E-state index contributed by atoms with van der Waals surface area (Å²) in [5.74, 6) is 0.477. The van der Waals surface area contributed by atoms with E-state index in [1.165, 1.54) is 38.5 Å². The Hall–Kier alpha value is -3.57. The van der Waals surface area contributed by atoms with Gasteiger partial charge >= 0.3 is 6.03 Å². The Labute approximate surface area is 179 Å². The quantitative estimate of drug-likeness (QED) is 0.530. The van der Waals surface area contributed by atoms with Crippen molar-refractivity contribution in [3.63, 3.8) is 0 Å². The highest BCUT2D eigenvalue weighted by molar-refractivity contribution is 7.89. The summed E-state index contributed by atoms with van der Waals surface area (Å²) in [5.41, 5.74) is 1.63. The van der Waals surface area contributed by atoms with E-state index in [1.807, 2.05) is 0 Å². The van der Waals surface area contributed by atoms with Crippen LogP contribution in [0, 0.1) is 0 Å². The molecule has 2 aromatic rings. The van der Waals surface area contributed by atoms with Crippen LogP contribution in [0.25, 0.3) is 0 Å². The lowest BCUT2D eigenvalue weighted by molar-refractivity contribution is -0.113. The summed E-state index contributed by atoms with van der Waals surface area (Å²) in [6.07, 6.45) is 0. The topological polar surface area (TPSA) is 149 Å². The van der Waals surface area contributed by atoms with Gasteiger partial charge in [-0.2, -0.15) is 0 Å². The van der Waals surface area contributed by atoms with Gasteiger partial charge in [0.25, 0.3) is 5.91 Å². The maximum atomic E-state index is 13.1. The molecule has 3 rings (SSSR count). The summed E-state index contributed by atoms with van der Waals surface area (Å²) in [5, 5.41) is 13.1. The third-order valence-corrected chi connectivity index (χ3v) is 5.62. The summed E-state index contributed by atoms with van der Waals surface area (Å²) in [4.78, 5) is 25.1. The Kier molecular flexibility index (Phi) is 6.18. The van der Waals surface area contributed by atoms with Gasteiger partial charge in [0, 0.05) is 11.4 Å². The molecule has 0 radical (unpaired) electrons. The molecule has 0 saturated carbocycles. The molecule has 0 aliphatic carbocycles. The molecule has 11 heteroatoms. The Balaban J connectivity index is 1.93. The first-order valence-corrected chi connectivity index (χ1v) is 10.6. The first-order valence-electron chi connectivity index (χ1n) is 9.08. The zero-order valence-electron chi connectivity index (χ0n) is 17.1. The molecule has 0 saturated heterocycles. The highest BCUT2D eigenvalue weighted by Crippen LogP contribution is 2.34. The van der Waals surface area contributed by atoms with Gasteiger partial charge in [-0.25, -0.2) is 18.4 Å². The third kappa shape index (κ3) is 4.78. The number of rotatable bonds is 6. The van der Waals surface area contributed by atoms with Crippen LogP contribution in [0.4, 0.5) is 10.5 Å². The van der Waals surface area contributed by atoms with E-state index >= 15 is 0 Å². The first kappa shape index (κ1) is 22.1. The lowest BCUT2D eigenvalue weighted by Gasteiger charge is -2.29. The predicted octanol–water partition coefficient (Wildman–Crippen LogP) is 1.62. The van der Waals surface area contributed by atoms with Crippen molar-refractivity contribution in [2.75, 3.05) is 19.5 Å². The molecule has 0 aromatic heterocycles. The second kappa shape index (κ2) is 8.66. The Morgan fingerprint density at radius 2 is 1.71 bits per heavy atom. The van der Waals surface area contributed by atoms with E-state index in [1.54, 1.807) is 25.1 Å². The minimum absolute atomic E-state index is 0.0734. The fourth-order valence-electron chi connectivity index (χ4n) is 3.20. The van der Waals surface area contributed by atoms with Crippen molar-refractivity contribution in [3.8, 4) is 11.5 Å². The van der Waals surface area contributed by atoms with Crippen LogP contribution in [-0.2, 0) is 14.8 Å². The summed E-state index contributed by atoms with van der Waals surface area (Å²) in [7, 11) is -0.846. The fraction of sp³-hybridized carbons (Fsp3) is 0.200. The second-order valence-corrected chi connectivity index (χ2v) is 8.27. The molecule has 0 spiro atoms. The number of allylic oxidation sites excluding steroid dienone is 1. The van der Waals surface area contributed by atoms with Crippen molar-refractivity contribution in [1.82, 2.24) is 10.6 Å². The van der Waals surface area contributed by atoms with Gasteiger partial charge in [-0.15, -0.1) is 0 Å². The number of primary sulfonamides is 1. The summed E-state index contributed by atoms with van der Waals surface area (Å²) >= 11 is 0. The fourth-order valence-corrected chi connectivity index (χ4v) is 3.72. The van der Waals surface area contributed by atoms with E-state index in [4.69, 9.17) is 14.6 Å². The summed E-state index contributed by atoms with van der Waals surface area (Å²) in [6, 6.07) is 9.30. The van der Waals surface area contributed by atoms with Crippen LogP contribution in [0.15, 0.2) is 58.6 Å². The number of hydrogen-bond acceptors (Lipinski definition) is 6. The number of benzene rings is 2. The second-order valence-electron chi connectivity index (χ2n) is 6.71. The van der Waals surface area contributed by atoms with Gasteiger partial charge < -0.3 is 25.4 Å². The molecule has 1 unspecified atom stereocenters. The van der Waals surface area contributed by atoms with Gasteiger partial charge in [0.15, 0.2) is 11.5 Å². The third-order valence-electron chi connectivity index (χ3n) is 4.70. The number of nitrogens with one attached hydrogen (secondary N) is 3. The number of nitrogens with two attached hydrogens (primary N) is 1. The standard InChI is InChI=1S/C20H22N4O6S/c1-11-17(19(25)23-13-5-7-14(8-6-13)31(21,27)28)18(24-20(26)22-11)12-4-9-15(29-2)16(10-12)30-3/h4-10,18H,1-3H3,(H,23,25)(H2,21,27,28)(H2,22,24,26). The molecule has 5 N–H and O–H groups in total. The maximum absolute atomic E-state index is 13.1. The highest BCUT2D eigenvalue weighted by atomic mass is 32.2. The molecular formula is C20H22N4O6S. The van der Waals surface area contributed by atoms with Crippen molar-refractivity contribution in [1.29, 1.82) is 0 Å². The number of hydrogen-bond donors (Lipinski definition) is 4. The van der Waals surface area contributed by atoms with Gasteiger partial charge in [-0.05, 0) is 48.9 Å². The van der Waals surface area contributed by atoms with E-state index in [9.17, 15) is 18.0 Å². The number of urea groups is 1. The average Bonchev–Trinajstić information content (AvgIpc) is 2.72.